The number of nitrogens with one attached hydrogen (secondary N) is 1. The van der Waals surface area contributed by atoms with Crippen LogP contribution in [-0.2, 0) is 14.2 Å². The minimum atomic E-state index is -4.84. The highest BCUT2D eigenvalue weighted by atomic mass is 31.2. The molecule has 0 atom stereocenters. The summed E-state index contributed by atoms with van der Waals surface area (Å²) in [5.74, 6) is -0.869. The van der Waals surface area contributed by atoms with Crippen molar-refractivity contribution in [3.8, 4) is 0 Å². The third-order valence-electron chi connectivity index (χ3n) is 0.547. The molecule has 0 spiro atoms. The van der Waals surface area contributed by atoms with Gasteiger partial charge in [-0.2, -0.15) is 5.48 Å². The first kappa shape index (κ1) is 10.1. The van der Waals surface area contributed by atoms with Crippen molar-refractivity contribution in [2.45, 2.75) is 6.92 Å². The zero-order valence-corrected chi connectivity index (χ0v) is 6.37. The molecule has 0 heterocycles. The summed E-state index contributed by atoms with van der Waals surface area (Å²) in [5.41, 5.74) is -0.375. The maximum atomic E-state index is 10.2. The van der Waals surface area contributed by atoms with Crippen molar-refractivity contribution < 1.29 is 28.8 Å². The number of carbonyl (C=O) groups is 2. The van der Waals surface area contributed by atoms with Crippen molar-refractivity contribution >= 4 is 19.2 Å². The molecular formula is C3H6NO6P. The van der Waals surface area contributed by atoms with Gasteiger partial charge in [0, 0.05) is 6.92 Å². The van der Waals surface area contributed by atoms with E-state index in [-0.39, 0.29) is 0 Å². The molecule has 0 aromatic rings. The van der Waals surface area contributed by atoms with Gasteiger partial charge < -0.3 is 14.6 Å². The summed E-state index contributed by atoms with van der Waals surface area (Å²) < 4.78 is 10.0. The van der Waals surface area contributed by atoms with Gasteiger partial charge >= 0.3 is 19.2 Å². The molecule has 0 saturated carbocycles. The highest BCUT2D eigenvalue weighted by Gasteiger charge is 2.26. The van der Waals surface area contributed by atoms with E-state index in [0.717, 1.165) is 6.92 Å². The van der Waals surface area contributed by atoms with Crippen molar-refractivity contribution in [3.05, 3.63) is 0 Å². The van der Waals surface area contributed by atoms with E-state index in [1.54, 1.807) is 0 Å². The Morgan fingerprint density at radius 2 is 1.91 bits per heavy atom. The van der Waals surface area contributed by atoms with E-state index in [4.69, 9.17) is 9.79 Å². The molecule has 0 aromatic carbocycles. The molecule has 11 heavy (non-hydrogen) atoms. The van der Waals surface area contributed by atoms with E-state index in [2.05, 4.69) is 4.84 Å². The van der Waals surface area contributed by atoms with Gasteiger partial charge in [0.15, 0.2) is 0 Å². The Morgan fingerprint density at radius 3 is 2.18 bits per heavy atom. The molecule has 0 unspecified atom stereocenters. The first-order valence-electron chi connectivity index (χ1n) is 2.37. The molecule has 0 fully saturated rings. The molecule has 0 bridgehead atoms. The minimum Gasteiger partial charge on any atom is -0.341 e. The first-order chi connectivity index (χ1) is 4.84. The molecule has 0 aromatic heterocycles. The number of hydroxylamine groups is 1. The third kappa shape index (κ3) is 4.49. The van der Waals surface area contributed by atoms with Crippen LogP contribution in [0.15, 0.2) is 0 Å². The number of amides is 1. The van der Waals surface area contributed by atoms with Gasteiger partial charge in [0.2, 0.25) is 0 Å². The predicted octanol–water partition coefficient (Wildman–Crippen LogP) is -0.648. The van der Waals surface area contributed by atoms with E-state index in [1.165, 1.54) is 5.48 Å². The average Bonchev–Trinajstić information content (AvgIpc) is 1.80. The standard InChI is InChI=1S/C3H6NO6P/c1-2(5)10-4-3(6)11(7,8)9/h1H3,(H,4,6)(H2,7,8,9). The molecule has 0 aliphatic rings. The maximum absolute atomic E-state index is 10.2. The largest absolute Gasteiger partial charge is 0.416 e. The van der Waals surface area contributed by atoms with Crippen molar-refractivity contribution in [1.29, 1.82) is 0 Å². The molecular weight excluding hydrogens is 177 g/mol. The fourth-order valence-corrected chi connectivity index (χ4v) is 0.340. The molecule has 0 saturated heterocycles. The van der Waals surface area contributed by atoms with E-state index >= 15 is 0 Å². The Morgan fingerprint density at radius 1 is 1.45 bits per heavy atom. The van der Waals surface area contributed by atoms with Crippen molar-refractivity contribution in [2.75, 3.05) is 0 Å². The van der Waals surface area contributed by atoms with Crippen LogP contribution in [0.5, 0.6) is 0 Å². The molecule has 1 amide bonds. The van der Waals surface area contributed by atoms with Crippen LogP contribution in [0.2, 0.25) is 0 Å². The van der Waals surface area contributed by atoms with E-state index in [1.807, 2.05) is 0 Å². The molecule has 0 aliphatic heterocycles. The van der Waals surface area contributed by atoms with Crippen molar-refractivity contribution in [1.82, 2.24) is 5.48 Å². The van der Waals surface area contributed by atoms with E-state index < -0.39 is 19.2 Å². The second kappa shape index (κ2) is 3.47. The van der Waals surface area contributed by atoms with Gasteiger partial charge in [0.25, 0.3) is 0 Å². The summed E-state index contributed by atoms with van der Waals surface area (Å²) in [6.07, 6.45) is 0. The molecule has 3 N–H and O–H groups in total. The summed E-state index contributed by atoms with van der Waals surface area (Å²) in [5, 5.41) is 0. The van der Waals surface area contributed by atoms with Crippen LogP contribution in [0.1, 0.15) is 6.92 Å². The number of rotatable bonds is 1. The predicted molar refractivity (Wildman–Crippen MR) is 32.3 cm³/mol. The fraction of sp³-hybridized carbons (Fsp3) is 0.333. The summed E-state index contributed by atoms with van der Waals surface area (Å²) >= 11 is 0. The summed E-state index contributed by atoms with van der Waals surface area (Å²) in [6, 6.07) is 0. The van der Waals surface area contributed by atoms with Gasteiger partial charge in [0.05, 0.1) is 0 Å². The Bertz CT molecular complexity index is 218. The Kier molecular flexibility index (Phi) is 3.18. The van der Waals surface area contributed by atoms with Crippen LogP contribution < -0.4 is 5.48 Å². The molecule has 0 aliphatic carbocycles. The zero-order chi connectivity index (χ0) is 9.07. The van der Waals surface area contributed by atoms with Gasteiger partial charge in [-0.05, 0) is 0 Å². The van der Waals surface area contributed by atoms with Gasteiger partial charge in [-0.1, -0.05) is 0 Å². The zero-order valence-electron chi connectivity index (χ0n) is 5.47. The first-order valence-corrected chi connectivity index (χ1v) is 3.99. The summed E-state index contributed by atoms with van der Waals surface area (Å²) in [4.78, 5) is 40.2. The molecule has 0 rings (SSSR count). The summed E-state index contributed by atoms with van der Waals surface area (Å²) in [7, 11) is -4.84. The highest BCUT2D eigenvalue weighted by molar-refractivity contribution is 7.69. The highest BCUT2D eigenvalue weighted by Crippen LogP contribution is 2.34. The molecule has 7 nitrogen and oxygen atoms in total. The fourth-order valence-electron chi connectivity index (χ4n) is 0.175. The Hall–Kier alpha value is -0.910. The lowest BCUT2D eigenvalue weighted by Gasteiger charge is -2.03. The van der Waals surface area contributed by atoms with E-state index in [0.29, 0.717) is 0 Å². The lowest BCUT2D eigenvalue weighted by molar-refractivity contribution is -0.145. The Labute approximate surface area is 61.5 Å². The summed E-state index contributed by atoms with van der Waals surface area (Å²) in [6.45, 7) is 0.972. The smallest absolute Gasteiger partial charge is 0.341 e. The van der Waals surface area contributed by atoms with Crippen LogP contribution in [0.25, 0.3) is 0 Å². The van der Waals surface area contributed by atoms with Crippen LogP contribution in [-0.4, -0.2) is 21.4 Å². The van der Waals surface area contributed by atoms with Crippen LogP contribution in [0.3, 0.4) is 0 Å². The van der Waals surface area contributed by atoms with E-state index in [9.17, 15) is 14.2 Å². The molecule has 8 heteroatoms. The maximum Gasteiger partial charge on any atom is 0.416 e. The van der Waals surface area contributed by atoms with Crippen LogP contribution in [0, 0.1) is 0 Å². The monoisotopic (exact) mass is 183 g/mol. The second-order valence-corrected chi connectivity index (χ2v) is 3.04. The average molecular weight is 183 g/mol. The molecule has 64 valence electrons. The Balaban J connectivity index is 3.91. The quantitative estimate of drug-likeness (QED) is 0.367. The topological polar surface area (TPSA) is 113 Å². The lowest BCUT2D eigenvalue weighted by atomic mass is 10.8. The van der Waals surface area contributed by atoms with Gasteiger partial charge in [0.1, 0.15) is 0 Å². The lowest BCUT2D eigenvalue weighted by Crippen LogP contribution is -2.24. The number of hydrogen-bond acceptors (Lipinski definition) is 4. The van der Waals surface area contributed by atoms with Crippen LogP contribution in [0.4, 0.5) is 4.79 Å². The number of hydrogen-bond donors (Lipinski definition) is 3. The second-order valence-electron chi connectivity index (χ2n) is 1.54. The minimum absolute atomic E-state index is 0.869. The van der Waals surface area contributed by atoms with Crippen LogP contribution >= 0.6 is 7.60 Å². The molecule has 0 radical (unpaired) electrons. The van der Waals surface area contributed by atoms with Crippen molar-refractivity contribution in [3.63, 3.8) is 0 Å². The van der Waals surface area contributed by atoms with Gasteiger partial charge in [-0.3, -0.25) is 9.59 Å². The number of carbonyl (C=O) groups excluding carboxylic acids is 2. The normalized spacial score (nSPS) is 10.5. The van der Waals surface area contributed by atoms with Gasteiger partial charge in [-0.25, -0.2) is 4.57 Å². The van der Waals surface area contributed by atoms with Gasteiger partial charge in [-0.15, -0.1) is 0 Å². The van der Waals surface area contributed by atoms with Crippen molar-refractivity contribution in [2.24, 2.45) is 0 Å². The third-order valence-corrected chi connectivity index (χ3v) is 1.17. The SMILES string of the molecule is CC(=O)ONC(=O)P(=O)(O)O.